The Labute approximate surface area is 115 Å². The molecule has 0 bridgehead atoms. The van der Waals surface area contributed by atoms with Crippen LogP contribution in [0.1, 0.15) is 56.9 Å². The molecule has 104 valence electrons. The molecule has 1 aromatic rings. The summed E-state index contributed by atoms with van der Waals surface area (Å²) in [6.45, 7) is 0. The van der Waals surface area contributed by atoms with Crippen molar-refractivity contribution in [2.24, 2.45) is 5.41 Å². The lowest BCUT2D eigenvalue weighted by atomic mass is 9.72. The third-order valence-corrected chi connectivity index (χ3v) is 4.38. The number of pyridine rings is 1. The molecule has 1 N–H and O–H groups in total. The first-order valence-corrected chi connectivity index (χ1v) is 7.35. The summed E-state index contributed by atoms with van der Waals surface area (Å²) >= 11 is 0. The molecule has 0 amide bonds. The largest absolute Gasteiger partial charge is 0.481 e. The summed E-state index contributed by atoms with van der Waals surface area (Å²) in [5.41, 5.74) is 0.640. The average molecular weight is 261 g/mol. The molecule has 0 spiro atoms. The van der Waals surface area contributed by atoms with E-state index < -0.39 is 11.4 Å². The van der Waals surface area contributed by atoms with Gasteiger partial charge in [0.05, 0.1) is 5.41 Å². The van der Waals surface area contributed by atoms with Gasteiger partial charge in [0.2, 0.25) is 0 Å². The molecule has 0 aliphatic heterocycles. The molecule has 1 aliphatic carbocycles. The Hall–Kier alpha value is -1.38. The quantitative estimate of drug-likeness (QED) is 0.896. The fourth-order valence-electron chi connectivity index (χ4n) is 3.08. The minimum atomic E-state index is -0.599. The van der Waals surface area contributed by atoms with Crippen molar-refractivity contribution in [2.45, 2.75) is 57.8 Å². The molecule has 3 heteroatoms. The lowest BCUT2D eigenvalue weighted by Gasteiger charge is -2.31. The number of carbonyl (C=O) groups is 1. The molecule has 1 saturated carbocycles. The van der Waals surface area contributed by atoms with E-state index >= 15 is 0 Å². The maximum atomic E-state index is 11.7. The number of rotatable bonds is 4. The number of carboxylic acid groups (broad SMARTS) is 1. The SMILES string of the molecule is O=C(O)C1(CCc2cccnc2)CCCCCCC1. The summed E-state index contributed by atoms with van der Waals surface area (Å²) in [6.07, 6.45) is 12.6. The lowest BCUT2D eigenvalue weighted by molar-refractivity contribution is -0.150. The minimum Gasteiger partial charge on any atom is -0.481 e. The van der Waals surface area contributed by atoms with Crippen molar-refractivity contribution in [1.29, 1.82) is 0 Å². The molecule has 0 atom stereocenters. The van der Waals surface area contributed by atoms with Crippen molar-refractivity contribution in [1.82, 2.24) is 4.98 Å². The Morgan fingerprint density at radius 2 is 1.89 bits per heavy atom. The molecule has 1 heterocycles. The lowest BCUT2D eigenvalue weighted by Crippen LogP contribution is -2.32. The highest BCUT2D eigenvalue weighted by Gasteiger charge is 2.37. The second-order valence-corrected chi connectivity index (χ2v) is 5.71. The molecule has 0 saturated heterocycles. The van der Waals surface area contributed by atoms with Gasteiger partial charge in [-0.2, -0.15) is 0 Å². The van der Waals surface area contributed by atoms with Crippen LogP contribution in [-0.2, 0) is 11.2 Å². The van der Waals surface area contributed by atoms with Crippen molar-refractivity contribution in [2.75, 3.05) is 0 Å². The van der Waals surface area contributed by atoms with Crippen LogP contribution < -0.4 is 0 Å². The Kier molecular flexibility index (Phi) is 4.94. The van der Waals surface area contributed by atoms with E-state index in [0.29, 0.717) is 0 Å². The molecule has 19 heavy (non-hydrogen) atoms. The zero-order valence-corrected chi connectivity index (χ0v) is 11.5. The fraction of sp³-hybridized carbons (Fsp3) is 0.625. The van der Waals surface area contributed by atoms with Crippen LogP contribution in [-0.4, -0.2) is 16.1 Å². The van der Waals surface area contributed by atoms with Gasteiger partial charge in [-0.25, -0.2) is 0 Å². The highest BCUT2D eigenvalue weighted by Crippen LogP contribution is 2.38. The van der Waals surface area contributed by atoms with Crippen LogP contribution in [0.25, 0.3) is 0 Å². The Balaban J connectivity index is 2.03. The summed E-state index contributed by atoms with van der Waals surface area (Å²) in [7, 11) is 0. The van der Waals surface area contributed by atoms with E-state index in [1.54, 1.807) is 6.20 Å². The summed E-state index contributed by atoms with van der Waals surface area (Å²) in [4.78, 5) is 15.8. The molecule has 0 unspecified atom stereocenters. The number of carboxylic acids is 1. The average Bonchev–Trinajstić information content (AvgIpc) is 2.39. The minimum absolute atomic E-state index is 0.504. The number of aliphatic carboxylic acids is 1. The standard InChI is InChI=1S/C16H23NO2/c18-15(19)16(9-4-2-1-3-5-10-16)11-8-14-7-6-12-17-13-14/h6-7,12-13H,1-5,8-11H2,(H,18,19). The van der Waals surface area contributed by atoms with Crippen LogP contribution >= 0.6 is 0 Å². The van der Waals surface area contributed by atoms with Gasteiger partial charge in [-0.05, 0) is 37.3 Å². The van der Waals surface area contributed by atoms with Gasteiger partial charge in [-0.15, -0.1) is 0 Å². The zero-order valence-electron chi connectivity index (χ0n) is 11.5. The van der Waals surface area contributed by atoms with Crippen molar-refractivity contribution in [3.05, 3.63) is 30.1 Å². The molecule has 1 aromatic heterocycles. The van der Waals surface area contributed by atoms with Gasteiger partial charge in [0, 0.05) is 12.4 Å². The van der Waals surface area contributed by atoms with Crippen LogP contribution in [0, 0.1) is 5.41 Å². The van der Waals surface area contributed by atoms with Crippen molar-refractivity contribution in [3.63, 3.8) is 0 Å². The molecule has 1 fully saturated rings. The van der Waals surface area contributed by atoms with Gasteiger partial charge >= 0.3 is 5.97 Å². The molecule has 0 radical (unpaired) electrons. The number of hydrogen-bond acceptors (Lipinski definition) is 2. The Morgan fingerprint density at radius 1 is 1.21 bits per heavy atom. The zero-order chi connectivity index (χ0) is 13.6. The number of nitrogens with zero attached hydrogens (tertiary/aromatic N) is 1. The smallest absolute Gasteiger partial charge is 0.309 e. The topological polar surface area (TPSA) is 50.2 Å². The van der Waals surface area contributed by atoms with Crippen molar-refractivity contribution >= 4 is 5.97 Å². The third kappa shape index (κ3) is 3.79. The maximum absolute atomic E-state index is 11.7. The summed E-state index contributed by atoms with van der Waals surface area (Å²) in [5, 5.41) is 9.67. The first-order chi connectivity index (χ1) is 9.23. The predicted octanol–water partition coefficient (Wildman–Crippen LogP) is 3.83. The van der Waals surface area contributed by atoms with Gasteiger partial charge in [0.15, 0.2) is 0 Å². The van der Waals surface area contributed by atoms with E-state index in [2.05, 4.69) is 4.98 Å². The van der Waals surface area contributed by atoms with E-state index in [1.807, 2.05) is 18.3 Å². The maximum Gasteiger partial charge on any atom is 0.309 e. The molecular weight excluding hydrogens is 238 g/mol. The van der Waals surface area contributed by atoms with E-state index in [9.17, 15) is 9.90 Å². The van der Waals surface area contributed by atoms with Crippen LogP contribution in [0.15, 0.2) is 24.5 Å². The highest BCUT2D eigenvalue weighted by molar-refractivity contribution is 5.74. The second-order valence-electron chi connectivity index (χ2n) is 5.71. The number of hydrogen-bond donors (Lipinski definition) is 1. The first-order valence-electron chi connectivity index (χ1n) is 7.35. The number of aromatic nitrogens is 1. The highest BCUT2D eigenvalue weighted by atomic mass is 16.4. The number of aryl methyl sites for hydroxylation is 1. The molecule has 2 rings (SSSR count). The monoisotopic (exact) mass is 261 g/mol. The molecule has 0 aromatic carbocycles. The van der Waals surface area contributed by atoms with Crippen LogP contribution in [0.4, 0.5) is 0 Å². The van der Waals surface area contributed by atoms with Gasteiger partial charge < -0.3 is 5.11 Å². The van der Waals surface area contributed by atoms with Crippen LogP contribution in [0.2, 0.25) is 0 Å². The van der Waals surface area contributed by atoms with E-state index in [0.717, 1.165) is 44.1 Å². The molecule has 3 nitrogen and oxygen atoms in total. The van der Waals surface area contributed by atoms with Gasteiger partial charge in [0.25, 0.3) is 0 Å². The van der Waals surface area contributed by atoms with E-state index in [-0.39, 0.29) is 0 Å². The summed E-state index contributed by atoms with van der Waals surface area (Å²) < 4.78 is 0. The summed E-state index contributed by atoms with van der Waals surface area (Å²) in [5.74, 6) is -0.599. The predicted molar refractivity (Wildman–Crippen MR) is 74.9 cm³/mol. The van der Waals surface area contributed by atoms with Crippen molar-refractivity contribution in [3.8, 4) is 0 Å². The Morgan fingerprint density at radius 3 is 2.47 bits per heavy atom. The summed E-state index contributed by atoms with van der Waals surface area (Å²) in [6, 6.07) is 3.95. The van der Waals surface area contributed by atoms with Crippen LogP contribution in [0.5, 0.6) is 0 Å². The Bertz CT molecular complexity index is 394. The normalized spacial score (nSPS) is 19.4. The second kappa shape index (κ2) is 6.69. The first kappa shape index (κ1) is 14.0. The third-order valence-electron chi connectivity index (χ3n) is 4.38. The van der Waals surface area contributed by atoms with Gasteiger partial charge in [0.1, 0.15) is 0 Å². The van der Waals surface area contributed by atoms with E-state index in [1.165, 1.54) is 19.3 Å². The van der Waals surface area contributed by atoms with Crippen molar-refractivity contribution < 1.29 is 9.90 Å². The molecule has 1 aliphatic rings. The molecular formula is C16H23NO2. The van der Waals surface area contributed by atoms with Gasteiger partial charge in [-0.3, -0.25) is 9.78 Å². The fourth-order valence-corrected chi connectivity index (χ4v) is 3.08. The van der Waals surface area contributed by atoms with E-state index in [4.69, 9.17) is 0 Å². The van der Waals surface area contributed by atoms with Gasteiger partial charge in [-0.1, -0.05) is 38.2 Å². The van der Waals surface area contributed by atoms with Crippen LogP contribution in [0.3, 0.4) is 0 Å².